The normalized spacial score (nSPS) is 18.0. The van der Waals surface area contributed by atoms with Crippen molar-refractivity contribution in [2.24, 2.45) is 4.99 Å². The summed E-state index contributed by atoms with van der Waals surface area (Å²) in [5.41, 5.74) is 4.07. The zero-order valence-electron chi connectivity index (χ0n) is 17.3. The van der Waals surface area contributed by atoms with Gasteiger partial charge in [-0.05, 0) is 63.8 Å². The van der Waals surface area contributed by atoms with E-state index in [0.29, 0.717) is 53.2 Å². The summed E-state index contributed by atoms with van der Waals surface area (Å²) in [6.07, 6.45) is 9.21. The predicted molar refractivity (Wildman–Crippen MR) is 115 cm³/mol. The minimum atomic E-state index is -0.246. The van der Waals surface area contributed by atoms with Crippen LogP contribution >= 0.6 is 0 Å². The van der Waals surface area contributed by atoms with Crippen LogP contribution in [0.15, 0.2) is 57.9 Å². The highest BCUT2D eigenvalue weighted by molar-refractivity contribution is 6.41. The molecule has 0 atom stereocenters. The summed E-state index contributed by atoms with van der Waals surface area (Å²) in [7, 11) is 5.75. The Morgan fingerprint density at radius 3 is 2.67 bits per heavy atom. The zero-order chi connectivity index (χ0) is 21.4. The van der Waals surface area contributed by atoms with E-state index in [1.807, 2.05) is 26.0 Å². The van der Waals surface area contributed by atoms with Crippen molar-refractivity contribution >= 4 is 23.1 Å². The van der Waals surface area contributed by atoms with E-state index in [0.717, 1.165) is 12.1 Å². The molecule has 0 aromatic carbocycles. The van der Waals surface area contributed by atoms with E-state index < -0.39 is 0 Å². The Hall–Kier alpha value is -3.16. The molecule has 2 N–H and O–H groups in total. The predicted octanol–water partition coefficient (Wildman–Crippen LogP) is 1.81. The molecule has 0 saturated heterocycles. The maximum Gasteiger partial charge on any atom is 0.203 e. The van der Waals surface area contributed by atoms with Crippen LogP contribution in [0, 0.1) is 0 Å². The van der Waals surface area contributed by atoms with Gasteiger partial charge in [-0.15, -0.1) is 0 Å². The monoisotopic (exact) mass is 404 g/mol. The molecule has 0 unspecified atom stereocenters. The third kappa shape index (κ3) is 3.36. The molecule has 7 heteroatoms. The molecular formula is C23H24N4O3. The lowest BCUT2D eigenvalue weighted by Gasteiger charge is -2.17. The zero-order valence-corrected chi connectivity index (χ0v) is 17.3. The summed E-state index contributed by atoms with van der Waals surface area (Å²) in [5.74, 6) is -0.591. The third-order valence-electron chi connectivity index (χ3n) is 5.49. The molecular weight excluding hydrogens is 380 g/mol. The van der Waals surface area contributed by atoms with Gasteiger partial charge in [0.05, 0.1) is 33.8 Å². The molecule has 0 saturated carbocycles. The number of nitrogens with one attached hydrogen (secondary N) is 2. The Morgan fingerprint density at radius 1 is 1.13 bits per heavy atom. The smallest absolute Gasteiger partial charge is 0.203 e. The van der Waals surface area contributed by atoms with Crippen molar-refractivity contribution in [1.82, 2.24) is 15.2 Å². The highest BCUT2D eigenvalue weighted by Crippen LogP contribution is 2.36. The van der Waals surface area contributed by atoms with Crippen molar-refractivity contribution in [2.75, 3.05) is 34.2 Å². The van der Waals surface area contributed by atoms with Gasteiger partial charge in [0.25, 0.3) is 0 Å². The van der Waals surface area contributed by atoms with Crippen LogP contribution in [0.25, 0.3) is 0 Å². The molecule has 1 aliphatic heterocycles. The molecule has 7 nitrogen and oxygen atoms in total. The lowest BCUT2D eigenvalue weighted by atomic mass is 9.85. The first kappa shape index (κ1) is 20.1. The summed E-state index contributed by atoms with van der Waals surface area (Å²) in [6.45, 7) is 1.39. The third-order valence-corrected chi connectivity index (χ3v) is 5.49. The van der Waals surface area contributed by atoms with E-state index in [4.69, 9.17) is 0 Å². The minimum Gasteiger partial charge on any atom is -0.358 e. The van der Waals surface area contributed by atoms with Crippen molar-refractivity contribution in [2.45, 2.75) is 12.8 Å². The number of likely N-dealkylation sites (N-methyl/N-ethyl adjacent to an activating group) is 1. The fraction of sp³-hybridized carbons (Fsp3) is 0.304. The molecule has 154 valence electrons. The van der Waals surface area contributed by atoms with Gasteiger partial charge >= 0.3 is 0 Å². The summed E-state index contributed by atoms with van der Waals surface area (Å²) in [6, 6.07) is 0. The summed E-state index contributed by atoms with van der Waals surface area (Å²) >= 11 is 0. The fourth-order valence-corrected chi connectivity index (χ4v) is 3.98. The van der Waals surface area contributed by atoms with Gasteiger partial charge in [0.1, 0.15) is 0 Å². The van der Waals surface area contributed by atoms with E-state index in [1.54, 1.807) is 18.3 Å². The molecule has 1 aromatic rings. The number of fused-ring (bicyclic) bond motifs is 2. The number of hydrogen-bond donors (Lipinski definition) is 2. The number of nitrogens with zero attached hydrogens (tertiary/aromatic N) is 2. The second-order valence-electron chi connectivity index (χ2n) is 7.81. The lowest BCUT2D eigenvalue weighted by Crippen LogP contribution is -2.25. The Bertz CT molecular complexity index is 1110. The van der Waals surface area contributed by atoms with Crippen molar-refractivity contribution in [3.8, 4) is 0 Å². The number of hydrogen-bond acceptors (Lipinski definition) is 6. The SMILES string of the molecule is CNCCC1=C2C(=O)C=CC=C2N=C1C1=CC(=O)c2[nH]cc(CCN(C)C)c2C1=O. The first-order valence-electron chi connectivity index (χ1n) is 9.98. The summed E-state index contributed by atoms with van der Waals surface area (Å²) in [5, 5.41) is 3.08. The number of aliphatic imine (C=N–C) groups is 1. The second-order valence-corrected chi connectivity index (χ2v) is 7.81. The Labute approximate surface area is 174 Å². The molecule has 0 bridgehead atoms. The molecule has 2 aliphatic carbocycles. The standard InChI is InChI=1S/C23H24N4O3/c1-24-9-7-14-20-16(5-4-6-17(20)28)26-21(14)15-11-18(29)22-19(23(15)30)13(12-25-22)8-10-27(2)3/h4-6,11-12,24-25H,7-10H2,1-3H3. The number of aromatic nitrogens is 1. The number of ketones is 3. The Kier molecular flexibility index (Phi) is 5.32. The van der Waals surface area contributed by atoms with E-state index >= 15 is 0 Å². The highest BCUT2D eigenvalue weighted by Gasteiger charge is 2.37. The average Bonchev–Trinajstić information content (AvgIpc) is 3.30. The van der Waals surface area contributed by atoms with Gasteiger partial charge in [0.15, 0.2) is 11.6 Å². The molecule has 1 aromatic heterocycles. The van der Waals surface area contributed by atoms with Gasteiger partial charge in [0.2, 0.25) is 5.78 Å². The average molecular weight is 404 g/mol. The molecule has 0 spiro atoms. The maximum atomic E-state index is 13.5. The molecule has 0 radical (unpaired) electrons. The van der Waals surface area contributed by atoms with Crippen LogP contribution in [0.1, 0.15) is 32.8 Å². The van der Waals surface area contributed by atoms with Crippen molar-refractivity contribution < 1.29 is 14.4 Å². The Morgan fingerprint density at radius 2 is 1.93 bits per heavy atom. The highest BCUT2D eigenvalue weighted by atomic mass is 16.1. The second kappa shape index (κ2) is 7.93. The van der Waals surface area contributed by atoms with Crippen LogP contribution in [-0.4, -0.2) is 67.2 Å². The number of allylic oxidation sites excluding steroid dienone is 6. The van der Waals surface area contributed by atoms with E-state index in [-0.39, 0.29) is 22.9 Å². The topological polar surface area (TPSA) is 94.6 Å². The van der Waals surface area contributed by atoms with Crippen molar-refractivity contribution in [3.05, 3.63) is 69.7 Å². The van der Waals surface area contributed by atoms with Gasteiger partial charge in [-0.1, -0.05) is 6.08 Å². The van der Waals surface area contributed by atoms with Crippen LogP contribution in [0.5, 0.6) is 0 Å². The van der Waals surface area contributed by atoms with Crippen molar-refractivity contribution in [1.29, 1.82) is 0 Å². The van der Waals surface area contributed by atoms with Crippen LogP contribution in [-0.2, 0) is 11.2 Å². The molecule has 3 aliphatic rings. The number of aromatic amines is 1. The summed E-state index contributed by atoms with van der Waals surface area (Å²) in [4.78, 5) is 48.4. The molecule has 30 heavy (non-hydrogen) atoms. The van der Waals surface area contributed by atoms with Crippen LogP contribution in [0.2, 0.25) is 0 Å². The number of Topliss-reactive ketones (excluding diaryl/α,β-unsaturated/α-hetero) is 1. The quantitative estimate of drug-likeness (QED) is 0.723. The first-order chi connectivity index (χ1) is 14.4. The number of H-pyrrole nitrogens is 1. The van der Waals surface area contributed by atoms with Crippen molar-refractivity contribution in [3.63, 3.8) is 0 Å². The number of carbonyl (C=O) groups excluding carboxylic acids is 3. The van der Waals surface area contributed by atoms with E-state index in [9.17, 15) is 14.4 Å². The fourth-order valence-electron chi connectivity index (χ4n) is 3.98. The summed E-state index contributed by atoms with van der Waals surface area (Å²) < 4.78 is 0. The Balaban J connectivity index is 1.76. The number of rotatable bonds is 7. The van der Waals surface area contributed by atoms with Gasteiger partial charge in [-0.3, -0.25) is 14.4 Å². The molecule has 0 amide bonds. The van der Waals surface area contributed by atoms with E-state index in [2.05, 4.69) is 15.3 Å². The first-order valence-corrected chi connectivity index (χ1v) is 9.98. The lowest BCUT2D eigenvalue weighted by molar-refractivity contribution is -0.111. The van der Waals surface area contributed by atoms with Crippen LogP contribution in [0.3, 0.4) is 0 Å². The largest absolute Gasteiger partial charge is 0.358 e. The van der Waals surface area contributed by atoms with E-state index in [1.165, 1.54) is 12.2 Å². The van der Waals surface area contributed by atoms with Gasteiger partial charge in [-0.2, -0.15) is 0 Å². The molecule has 2 heterocycles. The molecule has 0 fully saturated rings. The minimum absolute atomic E-state index is 0.124. The van der Waals surface area contributed by atoms with Gasteiger partial charge in [-0.25, -0.2) is 4.99 Å². The van der Waals surface area contributed by atoms with Crippen LogP contribution in [0.4, 0.5) is 0 Å². The number of carbonyl (C=O) groups is 3. The van der Waals surface area contributed by atoms with Gasteiger partial charge < -0.3 is 15.2 Å². The van der Waals surface area contributed by atoms with Gasteiger partial charge in [0, 0.05) is 18.8 Å². The van der Waals surface area contributed by atoms with Crippen LogP contribution < -0.4 is 5.32 Å². The molecule has 4 rings (SSSR count). The maximum absolute atomic E-state index is 13.5.